The molecular formula is C21H20BrClN4O4. The Morgan fingerprint density at radius 3 is 2.61 bits per heavy atom. The monoisotopic (exact) mass is 506 g/mol. The first kappa shape index (κ1) is 22.8. The van der Waals surface area contributed by atoms with Crippen molar-refractivity contribution in [1.29, 1.82) is 0 Å². The Morgan fingerprint density at radius 1 is 1.29 bits per heavy atom. The van der Waals surface area contributed by atoms with Crippen LogP contribution in [0.5, 0.6) is 5.75 Å². The zero-order valence-electron chi connectivity index (χ0n) is 16.9. The van der Waals surface area contributed by atoms with Gasteiger partial charge in [0.2, 0.25) is 0 Å². The number of nitro groups is 1. The molecule has 0 atom stereocenters. The molecule has 0 aliphatic carbocycles. The number of amides is 1. The van der Waals surface area contributed by atoms with E-state index in [1.54, 1.807) is 42.4 Å². The van der Waals surface area contributed by atoms with Crippen LogP contribution in [0, 0.1) is 10.1 Å². The molecule has 31 heavy (non-hydrogen) atoms. The van der Waals surface area contributed by atoms with Gasteiger partial charge in [0.05, 0.1) is 32.9 Å². The minimum atomic E-state index is -0.517. The van der Waals surface area contributed by atoms with Crippen LogP contribution in [0.4, 0.5) is 5.69 Å². The zero-order valence-corrected chi connectivity index (χ0v) is 19.3. The minimum Gasteiger partial charge on any atom is -0.487 e. The van der Waals surface area contributed by atoms with Crippen molar-refractivity contribution in [2.75, 3.05) is 7.05 Å². The summed E-state index contributed by atoms with van der Waals surface area (Å²) < 4.78 is 8.36. The third-order valence-electron chi connectivity index (χ3n) is 4.65. The van der Waals surface area contributed by atoms with E-state index in [4.69, 9.17) is 16.3 Å². The summed E-state index contributed by atoms with van der Waals surface area (Å²) >= 11 is 9.52. The number of hydrogen-bond donors (Lipinski definition) is 0. The summed E-state index contributed by atoms with van der Waals surface area (Å²) in [7, 11) is 1.75. The average Bonchev–Trinajstić information content (AvgIpc) is 3.11. The summed E-state index contributed by atoms with van der Waals surface area (Å²) in [5.74, 6) is 0.243. The van der Waals surface area contributed by atoms with Gasteiger partial charge in [-0.3, -0.25) is 19.6 Å². The van der Waals surface area contributed by atoms with Crippen LogP contribution in [-0.2, 0) is 19.7 Å². The maximum Gasteiger partial charge on any atom is 0.271 e. The van der Waals surface area contributed by atoms with Gasteiger partial charge >= 0.3 is 0 Å². The third-order valence-corrected chi connectivity index (χ3v) is 5.61. The second kappa shape index (κ2) is 9.93. The topological polar surface area (TPSA) is 90.5 Å². The predicted molar refractivity (Wildman–Crippen MR) is 120 cm³/mol. The highest BCUT2D eigenvalue weighted by Gasteiger charge is 2.16. The largest absolute Gasteiger partial charge is 0.487 e. The van der Waals surface area contributed by atoms with Crippen molar-refractivity contribution in [1.82, 2.24) is 14.7 Å². The maximum absolute atomic E-state index is 12.8. The van der Waals surface area contributed by atoms with Gasteiger partial charge in [-0.2, -0.15) is 5.10 Å². The second-order valence-electron chi connectivity index (χ2n) is 6.77. The van der Waals surface area contributed by atoms with Crippen molar-refractivity contribution >= 4 is 39.1 Å². The number of hydrogen-bond acceptors (Lipinski definition) is 5. The highest BCUT2D eigenvalue weighted by molar-refractivity contribution is 9.10. The lowest BCUT2D eigenvalue weighted by atomic mass is 10.1. The van der Waals surface area contributed by atoms with Crippen molar-refractivity contribution in [3.8, 4) is 5.75 Å². The summed E-state index contributed by atoms with van der Waals surface area (Å²) in [5.41, 5.74) is 2.22. The third kappa shape index (κ3) is 5.42. The van der Waals surface area contributed by atoms with Crippen LogP contribution in [0.1, 0.15) is 28.5 Å². The Hall–Kier alpha value is -2.91. The summed E-state index contributed by atoms with van der Waals surface area (Å²) in [6.45, 7) is 3.35. The molecule has 0 unspecified atom stereocenters. The highest BCUT2D eigenvalue weighted by atomic mass is 79.9. The molecule has 0 N–H and O–H groups in total. The van der Waals surface area contributed by atoms with Crippen LogP contribution >= 0.6 is 27.5 Å². The van der Waals surface area contributed by atoms with E-state index in [9.17, 15) is 14.9 Å². The van der Waals surface area contributed by atoms with E-state index in [2.05, 4.69) is 21.0 Å². The Morgan fingerprint density at radius 2 is 2.00 bits per heavy atom. The van der Waals surface area contributed by atoms with Crippen LogP contribution in [0.25, 0.3) is 0 Å². The van der Waals surface area contributed by atoms with Crippen LogP contribution in [0.2, 0.25) is 5.02 Å². The smallest absolute Gasteiger partial charge is 0.271 e. The second-order valence-corrected chi connectivity index (χ2v) is 8.04. The van der Waals surface area contributed by atoms with E-state index in [0.29, 0.717) is 17.9 Å². The molecule has 3 rings (SSSR count). The first-order chi connectivity index (χ1) is 14.8. The van der Waals surface area contributed by atoms with Crippen LogP contribution in [-0.4, -0.2) is 32.6 Å². The Labute approximate surface area is 192 Å². The molecule has 8 nitrogen and oxygen atoms in total. The van der Waals surface area contributed by atoms with E-state index >= 15 is 0 Å². The van der Waals surface area contributed by atoms with Crippen LogP contribution < -0.4 is 4.74 Å². The number of carbonyl (C=O) groups is 1. The van der Waals surface area contributed by atoms with E-state index in [-0.39, 0.29) is 23.2 Å². The van der Waals surface area contributed by atoms with Gasteiger partial charge in [-0.05, 0) is 46.6 Å². The van der Waals surface area contributed by atoms with Crippen molar-refractivity contribution in [2.45, 2.75) is 26.6 Å². The first-order valence-corrected chi connectivity index (χ1v) is 10.6. The molecule has 0 saturated heterocycles. The SMILES string of the molecule is CCn1ncc(Br)c1CN(C)C(=O)c1ccc(COc2ccc([N+](=O)[O-])cc2Cl)cc1. The molecule has 0 spiro atoms. The lowest BCUT2D eigenvalue weighted by molar-refractivity contribution is -0.384. The molecule has 1 heterocycles. The van der Waals surface area contributed by atoms with Gasteiger partial charge in [-0.15, -0.1) is 0 Å². The molecule has 10 heteroatoms. The molecule has 162 valence electrons. The zero-order chi connectivity index (χ0) is 22.5. The predicted octanol–water partition coefficient (Wildman–Crippen LogP) is 5.08. The summed E-state index contributed by atoms with van der Waals surface area (Å²) in [5, 5.41) is 15.2. The quantitative estimate of drug-likeness (QED) is 0.313. The lowest BCUT2D eigenvalue weighted by Crippen LogP contribution is -2.27. The lowest BCUT2D eigenvalue weighted by Gasteiger charge is -2.18. The van der Waals surface area contributed by atoms with Crippen LogP contribution in [0.3, 0.4) is 0 Å². The fourth-order valence-electron chi connectivity index (χ4n) is 2.96. The Bertz CT molecular complexity index is 1100. The normalized spacial score (nSPS) is 10.7. The average molecular weight is 508 g/mol. The molecule has 2 aromatic carbocycles. The van der Waals surface area contributed by atoms with Crippen molar-refractivity contribution in [2.24, 2.45) is 0 Å². The van der Waals surface area contributed by atoms with Gasteiger partial charge in [0.1, 0.15) is 12.4 Å². The molecular weight excluding hydrogens is 488 g/mol. The fraction of sp³-hybridized carbons (Fsp3) is 0.238. The summed E-state index contributed by atoms with van der Waals surface area (Å²) in [6.07, 6.45) is 1.73. The molecule has 1 aromatic heterocycles. The molecule has 0 fully saturated rings. The van der Waals surface area contributed by atoms with E-state index in [0.717, 1.165) is 22.3 Å². The number of aryl methyl sites for hydroxylation is 1. The van der Waals surface area contributed by atoms with Gasteiger partial charge < -0.3 is 9.64 Å². The van der Waals surface area contributed by atoms with E-state index < -0.39 is 4.92 Å². The van der Waals surface area contributed by atoms with Gasteiger partial charge in [-0.25, -0.2) is 0 Å². The van der Waals surface area contributed by atoms with Gasteiger partial charge in [-0.1, -0.05) is 23.7 Å². The number of ether oxygens (including phenoxy) is 1. The standard InChI is InChI=1S/C21H20BrClN4O4/c1-3-26-19(17(22)11-24-26)12-25(2)21(28)15-6-4-14(5-7-15)13-31-20-9-8-16(27(29)30)10-18(20)23/h4-11H,3,12-13H2,1-2H3. The van der Waals surface area contributed by atoms with Gasteiger partial charge in [0, 0.05) is 31.3 Å². The van der Waals surface area contributed by atoms with Crippen molar-refractivity contribution in [3.05, 3.63) is 85.1 Å². The number of halogens is 2. The van der Waals surface area contributed by atoms with E-state index in [1.807, 2.05) is 11.6 Å². The molecule has 0 aliphatic heterocycles. The number of aromatic nitrogens is 2. The highest BCUT2D eigenvalue weighted by Crippen LogP contribution is 2.29. The number of nitro benzene ring substituents is 1. The first-order valence-electron chi connectivity index (χ1n) is 9.41. The fourth-order valence-corrected chi connectivity index (χ4v) is 3.61. The number of rotatable bonds is 8. The number of non-ortho nitro benzene ring substituents is 1. The van der Waals surface area contributed by atoms with E-state index in [1.165, 1.54) is 18.2 Å². The van der Waals surface area contributed by atoms with Gasteiger partial charge in [0.25, 0.3) is 11.6 Å². The Balaban J connectivity index is 1.62. The Kier molecular flexibility index (Phi) is 7.29. The number of carbonyl (C=O) groups excluding carboxylic acids is 1. The van der Waals surface area contributed by atoms with Crippen LogP contribution in [0.15, 0.2) is 53.1 Å². The number of benzene rings is 2. The summed E-state index contributed by atoms with van der Waals surface area (Å²) in [6, 6.07) is 11.1. The molecule has 0 radical (unpaired) electrons. The molecule has 0 aliphatic rings. The maximum atomic E-state index is 12.8. The molecule has 0 bridgehead atoms. The molecule has 0 saturated carbocycles. The van der Waals surface area contributed by atoms with Crippen molar-refractivity contribution in [3.63, 3.8) is 0 Å². The molecule has 3 aromatic rings. The number of nitrogens with zero attached hydrogens (tertiary/aromatic N) is 4. The van der Waals surface area contributed by atoms with Crippen molar-refractivity contribution < 1.29 is 14.5 Å². The molecule has 1 amide bonds. The van der Waals surface area contributed by atoms with Gasteiger partial charge in [0.15, 0.2) is 0 Å². The summed E-state index contributed by atoms with van der Waals surface area (Å²) in [4.78, 5) is 24.7. The minimum absolute atomic E-state index is 0.0987.